The Morgan fingerprint density at radius 1 is 1.43 bits per heavy atom. The van der Waals surface area contributed by atoms with Gasteiger partial charge in [-0.1, -0.05) is 19.1 Å². The number of hydrogen-bond donors (Lipinski definition) is 0. The quantitative estimate of drug-likeness (QED) is 0.757. The molecule has 2 rings (SSSR count). The number of carbonyl (C=O) groups is 1. The lowest BCUT2D eigenvalue weighted by Gasteiger charge is -2.07. The fourth-order valence-electron chi connectivity index (χ4n) is 1.93. The van der Waals surface area contributed by atoms with Gasteiger partial charge in [-0.3, -0.25) is 0 Å². The van der Waals surface area contributed by atoms with E-state index in [0.29, 0.717) is 24.8 Å². The summed E-state index contributed by atoms with van der Waals surface area (Å²) in [6.45, 7) is 9.60. The maximum Gasteiger partial charge on any atom is 0.360 e. The van der Waals surface area contributed by atoms with E-state index in [2.05, 4.69) is 15.3 Å². The van der Waals surface area contributed by atoms with Crippen LogP contribution in [0.2, 0.25) is 0 Å². The van der Waals surface area contributed by atoms with Gasteiger partial charge in [0.25, 0.3) is 0 Å². The van der Waals surface area contributed by atoms with E-state index in [-0.39, 0.29) is 5.69 Å². The molecule has 114 valence electrons. The highest BCUT2D eigenvalue weighted by Crippen LogP contribution is 2.10. The Morgan fingerprint density at radius 3 is 2.86 bits per heavy atom. The molecule has 0 aromatic carbocycles. The van der Waals surface area contributed by atoms with Crippen molar-refractivity contribution in [1.82, 2.24) is 24.5 Å². The zero-order valence-electron chi connectivity index (χ0n) is 12.9. The third kappa shape index (κ3) is 3.48. The van der Waals surface area contributed by atoms with Crippen molar-refractivity contribution in [2.24, 2.45) is 5.92 Å². The van der Waals surface area contributed by atoms with Crippen molar-refractivity contribution < 1.29 is 9.53 Å². The van der Waals surface area contributed by atoms with Crippen LogP contribution in [0.15, 0.2) is 12.5 Å². The fourth-order valence-corrected chi connectivity index (χ4v) is 1.93. The van der Waals surface area contributed by atoms with Crippen molar-refractivity contribution in [1.29, 1.82) is 0 Å². The first-order valence-corrected chi connectivity index (χ1v) is 7.09. The van der Waals surface area contributed by atoms with Crippen molar-refractivity contribution in [3.63, 3.8) is 0 Å². The van der Waals surface area contributed by atoms with Crippen LogP contribution in [-0.2, 0) is 17.8 Å². The second kappa shape index (κ2) is 6.51. The average Bonchev–Trinajstić information content (AvgIpc) is 3.04. The summed E-state index contributed by atoms with van der Waals surface area (Å²) in [7, 11) is 0. The normalized spacial score (nSPS) is 11.1. The molecule has 0 bridgehead atoms. The van der Waals surface area contributed by atoms with Crippen molar-refractivity contribution in [3.8, 4) is 0 Å². The van der Waals surface area contributed by atoms with Gasteiger partial charge in [0.15, 0.2) is 5.69 Å². The molecule has 0 aliphatic carbocycles. The van der Waals surface area contributed by atoms with Gasteiger partial charge in [-0.15, -0.1) is 5.10 Å². The third-order valence-electron chi connectivity index (χ3n) is 3.17. The van der Waals surface area contributed by atoms with Gasteiger partial charge < -0.3 is 9.30 Å². The number of rotatable bonds is 6. The number of hydrogen-bond acceptors (Lipinski definition) is 5. The molecule has 0 amide bonds. The van der Waals surface area contributed by atoms with Gasteiger partial charge in [-0.05, 0) is 19.8 Å². The SMILES string of the molecule is CCn1cncc1Cn1nnc(C(=O)OCC(C)C)c1C. The summed E-state index contributed by atoms with van der Waals surface area (Å²) < 4.78 is 8.91. The van der Waals surface area contributed by atoms with Crippen LogP contribution >= 0.6 is 0 Å². The zero-order chi connectivity index (χ0) is 15.4. The first-order chi connectivity index (χ1) is 10.0. The minimum absolute atomic E-state index is 0.276. The van der Waals surface area contributed by atoms with E-state index in [4.69, 9.17) is 4.74 Å². The number of esters is 1. The van der Waals surface area contributed by atoms with Gasteiger partial charge >= 0.3 is 5.97 Å². The van der Waals surface area contributed by atoms with E-state index < -0.39 is 5.97 Å². The number of nitrogens with zero attached hydrogens (tertiary/aromatic N) is 5. The highest BCUT2D eigenvalue weighted by Gasteiger charge is 2.18. The highest BCUT2D eigenvalue weighted by atomic mass is 16.5. The lowest BCUT2D eigenvalue weighted by molar-refractivity contribution is 0.0451. The predicted molar refractivity (Wildman–Crippen MR) is 76.9 cm³/mol. The lowest BCUT2D eigenvalue weighted by Crippen LogP contribution is -2.13. The number of imidazole rings is 1. The average molecular weight is 291 g/mol. The van der Waals surface area contributed by atoms with Gasteiger partial charge in [0.05, 0.1) is 37.1 Å². The Kier molecular flexibility index (Phi) is 4.72. The molecule has 0 aliphatic rings. The van der Waals surface area contributed by atoms with Crippen LogP contribution in [0.25, 0.3) is 0 Å². The Hall–Kier alpha value is -2.18. The van der Waals surface area contributed by atoms with E-state index in [0.717, 1.165) is 12.2 Å². The van der Waals surface area contributed by atoms with Crippen molar-refractivity contribution in [2.75, 3.05) is 6.61 Å². The summed E-state index contributed by atoms with van der Waals surface area (Å²) in [5.41, 5.74) is 2.00. The van der Waals surface area contributed by atoms with Crippen molar-refractivity contribution in [2.45, 2.75) is 40.8 Å². The third-order valence-corrected chi connectivity index (χ3v) is 3.17. The molecule has 0 aliphatic heterocycles. The molecule has 0 N–H and O–H groups in total. The van der Waals surface area contributed by atoms with E-state index in [9.17, 15) is 4.79 Å². The molecule has 2 heterocycles. The van der Waals surface area contributed by atoms with Crippen LogP contribution in [-0.4, -0.2) is 37.1 Å². The van der Waals surface area contributed by atoms with Crippen molar-refractivity contribution in [3.05, 3.63) is 29.6 Å². The number of carbonyl (C=O) groups excluding carboxylic acids is 1. The number of aryl methyl sites for hydroxylation is 1. The molecule has 0 radical (unpaired) electrons. The van der Waals surface area contributed by atoms with Crippen LogP contribution in [0.1, 0.15) is 42.6 Å². The predicted octanol–water partition coefficient (Wildman–Crippen LogP) is 1.66. The highest BCUT2D eigenvalue weighted by molar-refractivity contribution is 5.88. The minimum Gasteiger partial charge on any atom is -0.461 e. The monoisotopic (exact) mass is 291 g/mol. The molecule has 0 fully saturated rings. The van der Waals surface area contributed by atoms with Crippen LogP contribution in [0, 0.1) is 12.8 Å². The lowest BCUT2D eigenvalue weighted by atomic mass is 10.2. The molecule has 7 nitrogen and oxygen atoms in total. The van der Waals surface area contributed by atoms with Crippen LogP contribution in [0.4, 0.5) is 0 Å². The standard InChI is InChI=1S/C14H21N5O2/c1-5-18-9-15-6-12(18)7-19-11(4)13(16-17-19)14(20)21-8-10(2)3/h6,9-10H,5,7-8H2,1-4H3. The maximum absolute atomic E-state index is 12.0. The summed E-state index contributed by atoms with van der Waals surface area (Å²) in [5.74, 6) is -0.125. The summed E-state index contributed by atoms with van der Waals surface area (Å²) >= 11 is 0. The van der Waals surface area contributed by atoms with E-state index in [1.807, 2.05) is 32.3 Å². The molecule has 0 unspecified atom stereocenters. The summed E-state index contributed by atoms with van der Waals surface area (Å²) in [5, 5.41) is 7.98. The molecule has 2 aromatic rings. The van der Waals surface area contributed by atoms with Crippen molar-refractivity contribution >= 4 is 5.97 Å². The van der Waals surface area contributed by atoms with Gasteiger partial charge in [-0.2, -0.15) is 0 Å². The zero-order valence-corrected chi connectivity index (χ0v) is 12.9. The topological polar surface area (TPSA) is 74.8 Å². The molecule has 21 heavy (non-hydrogen) atoms. The minimum atomic E-state index is -0.420. The summed E-state index contributed by atoms with van der Waals surface area (Å²) in [6.07, 6.45) is 3.57. The summed E-state index contributed by atoms with van der Waals surface area (Å²) in [4.78, 5) is 16.1. The van der Waals surface area contributed by atoms with Crippen LogP contribution in [0.3, 0.4) is 0 Å². The summed E-state index contributed by atoms with van der Waals surface area (Å²) in [6, 6.07) is 0. The molecule has 0 saturated carbocycles. The van der Waals surface area contributed by atoms with E-state index >= 15 is 0 Å². The molecule has 2 aromatic heterocycles. The fraction of sp³-hybridized carbons (Fsp3) is 0.571. The Balaban J connectivity index is 2.11. The molecular weight excluding hydrogens is 270 g/mol. The number of ether oxygens (including phenoxy) is 1. The van der Waals surface area contributed by atoms with Gasteiger partial charge in [-0.25, -0.2) is 14.5 Å². The van der Waals surface area contributed by atoms with E-state index in [1.54, 1.807) is 17.2 Å². The smallest absolute Gasteiger partial charge is 0.360 e. The first-order valence-electron chi connectivity index (χ1n) is 7.09. The maximum atomic E-state index is 12.0. The van der Waals surface area contributed by atoms with Gasteiger partial charge in [0.1, 0.15) is 0 Å². The van der Waals surface area contributed by atoms with Crippen LogP contribution < -0.4 is 0 Å². The van der Waals surface area contributed by atoms with E-state index in [1.165, 1.54) is 0 Å². The molecule has 0 spiro atoms. The molecular formula is C14H21N5O2. The second-order valence-electron chi connectivity index (χ2n) is 5.34. The Bertz CT molecular complexity index is 615. The Morgan fingerprint density at radius 2 is 2.19 bits per heavy atom. The second-order valence-corrected chi connectivity index (χ2v) is 5.34. The number of aromatic nitrogens is 5. The largest absolute Gasteiger partial charge is 0.461 e. The van der Waals surface area contributed by atoms with Gasteiger partial charge in [0, 0.05) is 6.54 Å². The molecule has 0 atom stereocenters. The molecule has 7 heteroatoms. The van der Waals surface area contributed by atoms with Gasteiger partial charge in [0.2, 0.25) is 0 Å². The Labute approximate surface area is 123 Å². The first kappa shape index (κ1) is 15.2. The van der Waals surface area contributed by atoms with Crippen LogP contribution in [0.5, 0.6) is 0 Å². The molecule has 0 saturated heterocycles.